The van der Waals surface area contributed by atoms with Gasteiger partial charge in [0.2, 0.25) is 0 Å². The van der Waals surface area contributed by atoms with Crippen molar-refractivity contribution in [3.8, 4) is 0 Å². The summed E-state index contributed by atoms with van der Waals surface area (Å²) in [5.41, 5.74) is 0.144. The second-order valence-electron chi connectivity index (χ2n) is 2.10. The molecule has 0 spiro atoms. The normalized spacial score (nSPS) is 22.2. The van der Waals surface area contributed by atoms with Gasteiger partial charge >= 0.3 is 0 Å². The van der Waals surface area contributed by atoms with Gasteiger partial charge in [0.05, 0.1) is 10.6 Å². The number of allylic oxidation sites excluding steroid dienone is 3. The summed E-state index contributed by atoms with van der Waals surface area (Å²) in [6.45, 7) is 0. The van der Waals surface area contributed by atoms with Crippen molar-refractivity contribution in [2.45, 2.75) is 0 Å². The third-order valence-electron chi connectivity index (χ3n) is 1.34. The van der Waals surface area contributed by atoms with Crippen LogP contribution in [0.25, 0.3) is 0 Å². The maximum absolute atomic E-state index is 10.5. The summed E-state index contributed by atoms with van der Waals surface area (Å²) in [5, 5.41) is 10.5. The Morgan fingerprint density at radius 2 is 2.00 bits per heavy atom. The zero-order valence-corrected chi connectivity index (χ0v) is 7.66. The van der Waals surface area contributed by atoms with Gasteiger partial charge in [-0.1, -0.05) is 0 Å². The molecule has 0 aromatic carbocycles. The second kappa shape index (κ2) is 4.15. The van der Waals surface area contributed by atoms with Crippen molar-refractivity contribution < 1.29 is 4.92 Å². The van der Waals surface area contributed by atoms with Gasteiger partial charge in [0.1, 0.15) is 0 Å². The average molecular weight is 220 g/mol. The maximum Gasteiger partial charge on any atom is 0.298 e. The predicted octanol–water partition coefficient (Wildman–Crippen LogP) is 1.91. The summed E-state index contributed by atoms with van der Waals surface area (Å²) in [6.07, 6.45) is 4.03. The summed E-state index contributed by atoms with van der Waals surface area (Å²) >= 11 is 10.3. The zero-order valence-electron chi connectivity index (χ0n) is 6.15. The van der Waals surface area contributed by atoms with Gasteiger partial charge in [0.15, 0.2) is 5.71 Å². The van der Waals surface area contributed by atoms with Crippen molar-refractivity contribution in [3.05, 3.63) is 34.0 Å². The van der Waals surface area contributed by atoms with Crippen LogP contribution in [0.15, 0.2) is 32.9 Å². The first-order valence-electron chi connectivity index (χ1n) is 3.11. The number of halogens is 2. The van der Waals surface area contributed by atoms with E-state index in [0.717, 1.165) is 0 Å². The zero-order chi connectivity index (χ0) is 9.84. The molecule has 7 heteroatoms. The van der Waals surface area contributed by atoms with Crippen LogP contribution >= 0.6 is 23.6 Å². The molecule has 0 unspecified atom stereocenters. The van der Waals surface area contributed by atoms with E-state index < -0.39 is 4.92 Å². The molecule has 0 aliphatic heterocycles. The van der Waals surface area contributed by atoms with Crippen LogP contribution in [0, 0.1) is 10.1 Å². The fourth-order valence-electron chi connectivity index (χ4n) is 0.782. The van der Waals surface area contributed by atoms with Gasteiger partial charge in [-0.05, 0) is 12.2 Å². The Labute approximate surface area is 83.5 Å². The van der Waals surface area contributed by atoms with Crippen LogP contribution in [0.1, 0.15) is 0 Å². The largest absolute Gasteiger partial charge is 0.298 e. The molecule has 0 aromatic heterocycles. The van der Waals surface area contributed by atoms with Crippen molar-refractivity contribution in [3.63, 3.8) is 0 Å². The standard InChI is InChI=1S/C6H3Cl2N3O2/c7-9-4-1-2-5(10-8)6(3-4)11(12)13/h1-3H. The number of hydrogen-bond acceptors (Lipinski definition) is 4. The molecule has 0 aromatic rings. The fraction of sp³-hybridized carbons (Fsp3) is 0. The summed E-state index contributed by atoms with van der Waals surface area (Å²) in [5.74, 6) is 0. The SMILES string of the molecule is O=[N+]([O-])C1=CC(=NCl)C=CC1=NCl. The Morgan fingerprint density at radius 3 is 2.46 bits per heavy atom. The summed E-state index contributed by atoms with van der Waals surface area (Å²) in [4.78, 5) is 9.85. The molecular formula is C6H3Cl2N3O2. The van der Waals surface area contributed by atoms with Gasteiger partial charge in [-0.25, -0.2) is 0 Å². The topological polar surface area (TPSA) is 67.9 Å². The van der Waals surface area contributed by atoms with E-state index in [1.54, 1.807) is 0 Å². The Kier molecular flexibility index (Phi) is 3.16. The van der Waals surface area contributed by atoms with Crippen LogP contribution in [-0.4, -0.2) is 16.3 Å². The van der Waals surface area contributed by atoms with Crippen LogP contribution in [0.5, 0.6) is 0 Å². The van der Waals surface area contributed by atoms with Crippen molar-refractivity contribution in [2.24, 2.45) is 9.02 Å². The van der Waals surface area contributed by atoms with Gasteiger partial charge in [0, 0.05) is 29.6 Å². The first-order valence-corrected chi connectivity index (χ1v) is 3.79. The minimum Gasteiger partial charge on any atom is -0.258 e. The van der Waals surface area contributed by atoms with Crippen molar-refractivity contribution in [1.82, 2.24) is 0 Å². The minimum atomic E-state index is -0.604. The molecule has 0 atom stereocenters. The van der Waals surface area contributed by atoms with Gasteiger partial charge in [-0.15, -0.1) is 0 Å². The molecular weight excluding hydrogens is 217 g/mol. The molecule has 0 saturated carbocycles. The fourth-order valence-corrected chi connectivity index (χ4v) is 1.03. The monoisotopic (exact) mass is 219 g/mol. The Bertz CT molecular complexity index is 357. The lowest BCUT2D eigenvalue weighted by atomic mass is 10.1. The number of hydrogen-bond donors (Lipinski definition) is 0. The smallest absolute Gasteiger partial charge is 0.258 e. The number of nitro groups is 1. The van der Waals surface area contributed by atoms with E-state index in [1.165, 1.54) is 18.2 Å². The summed E-state index contributed by atoms with van der Waals surface area (Å²) < 4.78 is 6.49. The third-order valence-corrected chi connectivity index (χ3v) is 1.72. The lowest BCUT2D eigenvalue weighted by Gasteiger charge is -2.01. The summed E-state index contributed by atoms with van der Waals surface area (Å²) in [6, 6.07) is 0. The van der Waals surface area contributed by atoms with Crippen LogP contribution in [0.3, 0.4) is 0 Å². The molecule has 0 N–H and O–H groups in total. The molecule has 0 amide bonds. The van der Waals surface area contributed by atoms with Crippen molar-refractivity contribution in [1.29, 1.82) is 0 Å². The minimum absolute atomic E-state index is 0.0794. The molecule has 1 rings (SSSR count). The molecule has 0 bridgehead atoms. The molecule has 1 aliphatic carbocycles. The van der Waals surface area contributed by atoms with E-state index in [0.29, 0.717) is 0 Å². The molecule has 13 heavy (non-hydrogen) atoms. The quantitative estimate of drug-likeness (QED) is 0.384. The Balaban J connectivity index is 3.13. The highest BCUT2D eigenvalue weighted by Crippen LogP contribution is 2.10. The molecule has 68 valence electrons. The maximum atomic E-state index is 10.5. The molecule has 5 nitrogen and oxygen atoms in total. The first kappa shape index (κ1) is 9.88. The van der Waals surface area contributed by atoms with Crippen LogP contribution in [0.4, 0.5) is 0 Å². The molecule has 0 saturated heterocycles. The van der Waals surface area contributed by atoms with E-state index in [4.69, 9.17) is 23.6 Å². The van der Waals surface area contributed by atoms with Crippen LogP contribution < -0.4 is 0 Å². The van der Waals surface area contributed by atoms with Crippen molar-refractivity contribution in [2.75, 3.05) is 0 Å². The van der Waals surface area contributed by atoms with E-state index in [2.05, 4.69) is 9.02 Å². The first-order chi connectivity index (χ1) is 6.19. The van der Waals surface area contributed by atoms with Gasteiger partial charge in [-0.3, -0.25) is 10.1 Å². The number of rotatable bonds is 1. The molecule has 0 fully saturated rings. The van der Waals surface area contributed by atoms with Gasteiger partial charge in [-0.2, -0.15) is 9.02 Å². The van der Waals surface area contributed by atoms with Gasteiger partial charge < -0.3 is 0 Å². The van der Waals surface area contributed by atoms with E-state index >= 15 is 0 Å². The highest BCUT2D eigenvalue weighted by Gasteiger charge is 2.21. The van der Waals surface area contributed by atoms with Crippen LogP contribution in [-0.2, 0) is 0 Å². The lowest BCUT2D eigenvalue weighted by molar-refractivity contribution is -0.414. The van der Waals surface area contributed by atoms with E-state index in [-0.39, 0.29) is 17.1 Å². The van der Waals surface area contributed by atoms with E-state index in [9.17, 15) is 10.1 Å². The van der Waals surface area contributed by atoms with Crippen molar-refractivity contribution >= 4 is 35.0 Å². The highest BCUT2D eigenvalue weighted by atomic mass is 35.5. The van der Waals surface area contributed by atoms with Gasteiger partial charge in [0.25, 0.3) is 5.70 Å². The predicted molar refractivity (Wildman–Crippen MR) is 50.8 cm³/mol. The Hall–Kier alpha value is -1.20. The highest BCUT2D eigenvalue weighted by molar-refractivity contribution is 6.31. The summed E-state index contributed by atoms with van der Waals surface area (Å²) in [7, 11) is 0. The van der Waals surface area contributed by atoms with Crippen LogP contribution in [0.2, 0.25) is 0 Å². The third kappa shape index (κ3) is 2.13. The second-order valence-corrected chi connectivity index (χ2v) is 2.44. The average Bonchev–Trinajstić information content (AvgIpc) is 2.16. The molecule has 0 radical (unpaired) electrons. The number of nitrogens with zero attached hydrogens (tertiary/aromatic N) is 3. The molecule has 1 aliphatic rings. The lowest BCUT2D eigenvalue weighted by Crippen LogP contribution is -2.14. The molecule has 0 heterocycles. The van der Waals surface area contributed by atoms with E-state index in [1.807, 2.05) is 0 Å². The Morgan fingerprint density at radius 1 is 1.31 bits per heavy atom.